The summed E-state index contributed by atoms with van der Waals surface area (Å²) in [6.07, 6.45) is 1.48. The van der Waals surface area contributed by atoms with Crippen LogP contribution in [0.3, 0.4) is 0 Å². The lowest BCUT2D eigenvalue weighted by molar-refractivity contribution is 0.0486. The van der Waals surface area contributed by atoms with Crippen molar-refractivity contribution in [2.45, 2.75) is 30.1 Å². The normalized spacial score (nSPS) is 16.9. The summed E-state index contributed by atoms with van der Waals surface area (Å²) in [4.78, 5) is 13.2. The van der Waals surface area contributed by atoms with Crippen LogP contribution in [0.25, 0.3) is 0 Å². The molecule has 2 aromatic carbocycles. The van der Waals surface area contributed by atoms with Crippen LogP contribution in [0.4, 0.5) is 0 Å². The van der Waals surface area contributed by atoms with Gasteiger partial charge in [0, 0.05) is 44.4 Å². The molecule has 0 atom stereocenters. The van der Waals surface area contributed by atoms with E-state index in [1.54, 1.807) is 13.0 Å². The second-order valence-electron chi connectivity index (χ2n) is 8.51. The summed E-state index contributed by atoms with van der Waals surface area (Å²) in [6.45, 7) is 3.94. The Morgan fingerprint density at radius 1 is 1.09 bits per heavy atom. The van der Waals surface area contributed by atoms with Gasteiger partial charge in [0.2, 0.25) is 16.8 Å². The first-order chi connectivity index (χ1) is 16.3. The number of carbonyl (C=O) groups excluding carboxylic acids is 1. The Bertz CT molecular complexity index is 1140. The maximum atomic E-state index is 13.2. The van der Waals surface area contributed by atoms with Gasteiger partial charge in [-0.3, -0.25) is 4.79 Å². The van der Waals surface area contributed by atoms with Gasteiger partial charge in [0.05, 0.1) is 11.5 Å². The first kappa shape index (κ1) is 24.5. The fraction of sp³-hybridized carbons (Fsp3) is 0.458. The van der Waals surface area contributed by atoms with Crippen LogP contribution < -0.4 is 19.5 Å². The molecule has 10 heteroatoms. The highest BCUT2D eigenvalue weighted by molar-refractivity contribution is 7.89. The second kappa shape index (κ2) is 10.3. The number of methoxy groups -OCH3 is 1. The van der Waals surface area contributed by atoms with Crippen molar-refractivity contribution in [2.24, 2.45) is 0 Å². The summed E-state index contributed by atoms with van der Waals surface area (Å²) in [5.41, 5.74) is 1.74. The fourth-order valence-corrected chi connectivity index (χ4v) is 5.31. The van der Waals surface area contributed by atoms with Gasteiger partial charge in [0.25, 0.3) is 5.91 Å². The molecule has 0 saturated carbocycles. The van der Waals surface area contributed by atoms with Crippen LogP contribution in [0, 0.1) is 6.92 Å². The van der Waals surface area contributed by atoms with Gasteiger partial charge < -0.3 is 24.3 Å². The van der Waals surface area contributed by atoms with Crippen molar-refractivity contribution in [3.8, 4) is 11.5 Å². The minimum Gasteiger partial charge on any atom is -0.454 e. The maximum absolute atomic E-state index is 13.2. The van der Waals surface area contributed by atoms with Crippen LogP contribution in [0.1, 0.15) is 34.3 Å². The molecule has 0 bridgehead atoms. The molecule has 4 rings (SSSR count). The Morgan fingerprint density at radius 3 is 2.62 bits per heavy atom. The molecule has 2 heterocycles. The fourth-order valence-electron chi connectivity index (χ4n) is 4.28. The lowest BCUT2D eigenvalue weighted by Gasteiger charge is -2.38. The smallest absolute Gasteiger partial charge is 0.251 e. The summed E-state index contributed by atoms with van der Waals surface area (Å²) in [5.74, 6) is 1.09. The van der Waals surface area contributed by atoms with E-state index in [1.807, 2.05) is 18.2 Å². The summed E-state index contributed by atoms with van der Waals surface area (Å²) in [7, 11) is -2.26. The van der Waals surface area contributed by atoms with E-state index in [1.165, 1.54) is 19.2 Å². The van der Waals surface area contributed by atoms with Gasteiger partial charge in [-0.05, 0) is 55.2 Å². The summed E-state index contributed by atoms with van der Waals surface area (Å²) in [6, 6.07) is 10.4. The van der Waals surface area contributed by atoms with E-state index in [2.05, 4.69) is 10.0 Å². The van der Waals surface area contributed by atoms with Crippen LogP contribution in [0.15, 0.2) is 41.3 Å². The standard InChI is InChI=1S/C24H30N2O7S/c1-17-3-5-19(34(28,29)26-9-12-30-2)14-20(17)23(27)25-15-24(7-10-31-11-8-24)18-4-6-21-22(13-18)33-16-32-21/h3-6,13-14,26H,7-12,15-16H2,1-2H3,(H,25,27). The highest BCUT2D eigenvalue weighted by atomic mass is 32.2. The number of fused-ring (bicyclic) bond motifs is 1. The molecule has 9 nitrogen and oxygen atoms in total. The van der Waals surface area contributed by atoms with E-state index in [4.69, 9.17) is 18.9 Å². The molecule has 0 spiro atoms. The second-order valence-corrected chi connectivity index (χ2v) is 10.3. The number of carbonyl (C=O) groups is 1. The zero-order valence-corrected chi connectivity index (χ0v) is 20.2. The predicted octanol–water partition coefficient (Wildman–Crippen LogP) is 2.13. The van der Waals surface area contributed by atoms with Gasteiger partial charge in [-0.25, -0.2) is 13.1 Å². The summed E-state index contributed by atoms with van der Waals surface area (Å²) < 4.78 is 49.1. The Kier molecular flexibility index (Phi) is 7.42. The molecule has 34 heavy (non-hydrogen) atoms. The number of amides is 1. The molecule has 2 aliphatic heterocycles. The first-order valence-electron chi connectivity index (χ1n) is 11.2. The molecule has 2 N–H and O–H groups in total. The van der Waals surface area contributed by atoms with E-state index in [0.717, 1.165) is 18.4 Å². The number of benzene rings is 2. The van der Waals surface area contributed by atoms with Crippen LogP contribution in [0.5, 0.6) is 11.5 Å². The zero-order valence-electron chi connectivity index (χ0n) is 19.4. The van der Waals surface area contributed by atoms with Crippen molar-refractivity contribution in [3.63, 3.8) is 0 Å². The molecule has 1 amide bonds. The van der Waals surface area contributed by atoms with Gasteiger partial charge in [-0.1, -0.05) is 12.1 Å². The van der Waals surface area contributed by atoms with Crippen molar-refractivity contribution in [1.82, 2.24) is 10.0 Å². The third-order valence-electron chi connectivity index (χ3n) is 6.38. The highest BCUT2D eigenvalue weighted by Gasteiger charge is 2.36. The van der Waals surface area contributed by atoms with Crippen LogP contribution >= 0.6 is 0 Å². The van der Waals surface area contributed by atoms with Crippen LogP contribution in [-0.2, 0) is 24.9 Å². The van der Waals surface area contributed by atoms with Crippen LogP contribution in [-0.4, -0.2) is 61.1 Å². The van der Waals surface area contributed by atoms with Crippen molar-refractivity contribution in [3.05, 3.63) is 53.1 Å². The number of sulfonamides is 1. The molecule has 184 valence electrons. The number of hydrogen-bond donors (Lipinski definition) is 2. The Morgan fingerprint density at radius 2 is 1.85 bits per heavy atom. The zero-order chi connectivity index (χ0) is 24.2. The molecule has 1 saturated heterocycles. The average Bonchev–Trinajstić information content (AvgIpc) is 3.31. The third-order valence-corrected chi connectivity index (χ3v) is 7.84. The van der Waals surface area contributed by atoms with Crippen molar-refractivity contribution in [1.29, 1.82) is 0 Å². The van der Waals surface area contributed by atoms with Gasteiger partial charge in [0.15, 0.2) is 11.5 Å². The number of rotatable bonds is 9. The van der Waals surface area contributed by atoms with E-state index < -0.39 is 10.0 Å². The molecule has 0 aliphatic carbocycles. The Hall–Kier alpha value is -2.66. The number of ether oxygens (including phenoxy) is 4. The summed E-state index contributed by atoms with van der Waals surface area (Å²) in [5, 5.41) is 3.05. The Labute approximate surface area is 199 Å². The van der Waals surface area contributed by atoms with Gasteiger partial charge in [-0.15, -0.1) is 0 Å². The number of aryl methyl sites for hydroxylation is 1. The Balaban J connectivity index is 1.53. The average molecular weight is 491 g/mol. The first-order valence-corrected chi connectivity index (χ1v) is 12.7. The van der Waals surface area contributed by atoms with Crippen molar-refractivity contribution in [2.75, 3.05) is 46.8 Å². The minimum absolute atomic E-state index is 0.0379. The van der Waals surface area contributed by atoms with E-state index in [-0.39, 0.29) is 36.2 Å². The predicted molar refractivity (Wildman–Crippen MR) is 125 cm³/mol. The molecule has 2 aliphatic rings. The molecule has 0 unspecified atom stereocenters. The largest absolute Gasteiger partial charge is 0.454 e. The van der Waals surface area contributed by atoms with Gasteiger partial charge in [0.1, 0.15) is 0 Å². The molecule has 2 aromatic rings. The quantitative estimate of drug-likeness (QED) is 0.518. The topological polar surface area (TPSA) is 112 Å². The summed E-state index contributed by atoms with van der Waals surface area (Å²) >= 11 is 0. The van der Waals surface area contributed by atoms with Crippen molar-refractivity contribution >= 4 is 15.9 Å². The lowest BCUT2D eigenvalue weighted by Crippen LogP contribution is -2.44. The molecular formula is C24H30N2O7S. The monoisotopic (exact) mass is 490 g/mol. The van der Waals surface area contributed by atoms with E-state index in [9.17, 15) is 13.2 Å². The van der Waals surface area contributed by atoms with Crippen molar-refractivity contribution < 1.29 is 32.2 Å². The highest BCUT2D eigenvalue weighted by Crippen LogP contribution is 2.40. The maximum Gasteiger partial charge on any atom is 0.251 e. The van der Waals surface area contributed by atoms with Gasteiger partial charge >= 0.3 is 0 Å². The number of nitrogens with one attached hydrogen (secondary N) is 2. The van der Waals surface area contributed by atoms with Crippen LogP contribution in [0.2, 0.25) is 0 Å². The van der Waals surface area contributed by atoms with E-state index >= 15 is 0 Å². The molecule has 0 aromatic heterocycles. The molecular weight excluding hydrogens is 460 g/mol. The molecule has 0 radical (unpaired) electrons. The van der Waals surface area contributed by atoms with Gasteiger partial charge in [-0.2, -0.15) is 0 Å². The molecule has 1 fully saturated rings. The lowest BCUT2D eigenvalue weighted by atomic mass is 9.74. The number of hydrogen-bond acceptors (Lipinski definition) is 7. The SMILES string of the molecule is COCCNS(=O)(=O)c1ccc(C)c(C(=O)NCC2(c3ccc4c(c3)OCO4)CCOCC2)c1. The van der Waals surface area contributed by atoms with E-state index in [0.29, 0.717) is 42.4 Å². The third kappa shape index (κ3) is 5.20. The minimum atomic E-state index is -3.75.